The molecule has 0 unspecified atom stereocenters. The molecule has 1 aromatic rings. The van der Waals surface area contributed by atoms with E-state index in [0.29, 0.717) is 12.0 Å². The molecule has 1 fully saturated rings. The number of hydrogen-bond acceptors (Lipinski definition) is 3. The summed E-state index contributed by atoms with van der Waals surface area (Å²) in [5, 5.41) is 10.8. The van der Waals surface area contributed by atoms with E-state index in [4.69, 9.17) is 0 Å². The molecule has 0 atom stereocenters. The van der Waals surface area contributed by atoms with E-state index in [1.807, 2.05) is 7.05 Å². The summed E-state index contributed by atoms with van der Waals surface area (Å²) in [7, 11) is 1.89. The minimum absolute atomic E-state index is 0.487. The highest BCUT2D eigenvalue weighted by Gasteiger charge is 2.34. The Balaban J connectivity index is 1.90. The van der Waals surface area contributed by atoms with Crippen LogP contribution in [0.25, 0.3) is 0 Å². The zero-order chi connectivity index (χ0) is 14.4. The van der Waals surface area contributed by atoms with Gasteiger partial charge in [0.2, 0.25) is 0 Å². The Bertz CT molecular complexity index is 441. The van der Waals surface area contributed by atoms with Crippen LogP contribution in [-0.2, 0) is 13.6 Å². The number of aromatic nitrogens is 3. The molecule has 1 aliphatic carbocycles. The molecule has 6 heteroatoms. The third-order valence-electron chi connectivity index (χ3n) is 4.32. The maximum atomic E-state index is 4.58. The molecule has 0 aliphatic heterocycles. The van der Waals surface area contributed by atoms with Crippen molar-refractivity contribution in [2.45, 2.75) is 46.1 Å². The van der Waals surface area contributed by atoms with Crippen LogP contribution in [0.5, 0.6) is 0 Å². The van der Waals surface area contributed by atoms with E-state index in [2.05, 4.69) is 39.6 Å². The third-order valence-corrected chi connectivity index (χ3v) is 4.32. The minimum atomic E-state index is 0.487. The van der Waals surface area contributed by atoms with Crippen LogP contribution in [0.15, 0.2) is 11.3 Å². The van der Waals surface area contributed by atoms with Crippen molar-refractivity contribution in [3.63, 3.8) is 0 Å². The number of guanidine groups is 1. The van der Waals surface area contributed by atoms with Gasteiger partial charge in [-0.05, 0) is 31.6 Å². The highest BCUT2D eigenvalue weighted by Crippen LogP contribution is 2.42. The predicted molar refractivity (Wildman–Crippen MR) is 80.4 cm³/mol. The Hall–Kier alpha value is -1.59. The van der Waals surface area contributed by atoms with Crippen molar-refractivity contribution in [2.75, 3.05) is 13.1 Å². The van der Waals surface area contributed by atoms with Gasteiger partial charge in [0.05, 0.1) is 0 Å². The molecule has 0 aromatic carbocycles. The second-order valence-corrected chi connectivity index (χ2v) is 5.56. The maximum Gasteiger partial charge on any atom is 0.191 e. The quantitative estimate of drug-likeness (QED) is 0.610. The number of aryl methyl sites for hydroxylation is 1. The van der Waals surface area contributed by atoms with Crippen LogP contribution < -0.4 is 10.6 Å². The monoisotopic (exact) mass is 278 g/mol. The molecule has 0 amide bonds. The number of rotatable bonds is 6. The standard InChI is InChI=1S/C14H26N6/c1-4-14(7-6-8-14)10-17-13(15-5-2)16-9-12-18-11-19-20(12)3/h11H,4-10H2,1-3H3,(H2,15,16,17). The van der Waals surface area contributed by atoms with Gasteiger partial charge in [0.25, 0.3) is 0 Å². The van der Waals surface area contributed by atoms with Gasteiger partial charge in [0.1, 0.15) is 18.7 Å². The number of nitrogens with zero attached hydrogens (tertiary/aromatic N) is 4. The topological polar surface area (TPSA) is 67.1 Å². The van der Waals surface area contributed by atoms with Crippen LogP contribution in [0.2, 0.25) is 0 Å². The highest BCUT2D eigenvalue weighted by molar-refractivity contribution is 5.79. The Labute approximate surface area is 121 Å². The fourth-order valence-electron chi connectivity index (χ4n) is 2.56. The summed E-state index contributed by atoms with van der Waals surface area (Å²) in [6.07, 6.45) is 6.83. The van der Waals surface area contributed by atoms with E-state index in [9.17, 15) is 0 Å². The van der Waals surface area contributed by atoms with E-state index in [0.717, 1.165) is 24.9 Å². The van der Waals surface area contributed by atoms with Crippen LogP contribution in [0, 0.1) is 5.41 Å². The van der Waals surface area contributed by atoms with Gasteiger partial charge in [-0.1, -0.05) is 13.3 Å². The summed E-state index contributed by atoms with van der Waals surface area (Å²) < 4.78 is 1.76. The highest BCUT2D eigenvalue weighted by atomic mass is 15.3. The van der Waals surface area contributed by atoms with Crippen LogP contribution in [-0.4, -0.2) is 33.8 Å². The first-order valence-electron chi connectivity index (χ1n) is 7.54. The second kappa shape index (κ2) is 6.72. The molecule has 1 saturated carbocycles. The number of aliphatic imine (C=N–C) groups is 1. The van der Waals surface area contributed by atoms with Gasteiger partial charge in [0.15, 0.2) is 5.96 Å². The molecule has 0 spiro atoms. The van der Waals surface area contributed by atoms with Crippen molar-refractivity contribution in [3.8, 4) is 0 Å². The number of hydrogen-bond donors (Lipinski definition) is 2. The summed E-state index contributed by atoms with van der Waals surface area (Å²) in [5.74, 6) is 1.74. The molecule has 112 valence electrons. The largest absolute Gasteiger partial charge is 0.357 e. The lowest BCUT2D eigenvalue weighted by Gasteiger charge is -2.41. The fourth-order valence-corrected chi connectivity index (χ4v) is 2.56. The summed E-state index contributed by atoms with van der Waals surface area (Å²) in [6, 6.07) is 0. The zero-order valence-corrected chi connectivity index (χ0v) is 12.8. The van der Waals surface area contributed by atoms with Gasteiger partial charge in [-0.25, -0.2) is 9.98 Å². The molecule has 1 aliphatic rings. The fraction of sp³-hybridized carbons (Fsp3) is 0.786. The molecule has 0 saturated heterocycles. The molecule has 2 N–H and O–H groups in total. The Morgan fingerprint density at radius 2 is 2.20 bits per heavy atom. The van der Waals surface area contributed by atoms with Crippen LogP contribution in [0.4, 0.5) is 0 Å². The summed E-state index contributed by atoms with van der Waals surface area (Å²) in [6.45, 7) is 6.78. The van der Waals surface area contributed by atoms with Crippen molar-refractivity contribution in [1.82, 2.24) is 25.4 Å². The zero-order valence-electron chi connectivity index (χ0n) is 12.8. The molecular formula is C14H26N6. The second-order valence-electron chi connectivity index (χ2n) is 5.56. The molecule has 1 heterocycles. The molecule has 0 bridgehead atoms. The van der Waals surface area contributed by atoms with E-state index in [1.54, 1.807) is 11.0 Å². The Morgan fingerprint density at radius 3 is 2.70 bits per heavy atom. The van der Waals surface area contributed by atoms with Crippen molar-refractivity contribution in [2.24, 2.45) is 17.5 Å². The first-order valence-corrected chi connectivity index (χ1v) is 7.54. The smallest absolute Gasteiger partial charge is 0.191 e. The van der Waals surface area contributed by atoms with Crippen LogP contribution in [0.1, 0.15) is 45.4 Å². The van der Waals surface area contributed by atoms with Crippen molar-refractivity contribution in [1.29, 1.82) is 0 Å². The van der Waals surface area contributed by atoms with Crippen molar-refractivity contribution < 1.29 is 0 Å². The average Bonchev–Trinajstić information content (AvgIpc) is 2.80. The normalized spacial score (nSPS) is 17.6. The van der Waals surface area contributed by atoms with Crippen LogP contribution >= 0.6 is 0 Å². The third kappa shape index (κ3) is 3.49. The van der Waals surface area contributed by atoms with E-state index in [-0.39, 0.29) is 0 Å². The summed E-state index contributed by atoms with van der Waals surface area (Å²) >= 11 is 0. The van der Waals surface area contributed by atoms with Crippen LogP contribution in [0.3, 0.4) is 0 Å². The summed E-state index contributed by atoms with van der Waals surface area (Å²) in [5.41, 5.74) is 0.487. The first kappa shape index (κ1) is 14.8. The lowest BCUT2D eigenvalue weighted by atomic mass is 9.67. The molecule has 0 radical (unpaired) electrons. The van der Waals surface area contributed by atoms with E-state index in [1.165, 1.54) is 25.7 Å². The Morgan fingerprint density at radius 1 is 1.40 bits per heavy atom. The lowest BCUT2D eigenvalue weighted by molar-refractivity contribution is 0.131. The minimum Gasteiger partial charge on any atom is -0.357 e. The number of nitrogens with one attached hydrogen (secondary N) is 2. The predicted octanol–water partition coefficient (Wildman–Crippen LogP) is 1.45. The van der Waals surface area contributed by atoms with Crippen molar-refractivity contribution >= 4 is 5.96 Å². The lowest BCUT2D eigenvalue weighted by Crippen LogP contribution is -2.46. The Kier molecular flexibility index (Phi) is 4.98. The van der Waals surface area contributed by atoms with Gasteiger partial charge in [0, 0.05) is 20.1 Å². The molecule has 20 heavy (non-hydrogen) atoms. The van der Waals surface area contributed by atoms with Gasteiger partial charge < -0.3 is 10.6 Å². The van der Waals surface area contributed by atoms with Crippen molar-refractivity contribution in [3.05, 3.63) is 12.2 Å². The molecule has 6 nitrogen and oxygen atoms in total. The van der Waals surface area contributed by atoms with Gasteiger partial charge >= 0.3 is 0 Å². The van der Waals surface area contributed by atoms with Gasteiger partial charge in [-0.15, -0.1) is 0 Å². The average molecular weight is 278 g/mol. The molecular weight excluding hydrogens is 252 g/mol. The van der Waals surface area contributed by atoms with Gasteiger partial charge in [-0.2, -0.15) is 5.10 Å². The summed E-state index contributed by atoms with van der Waals surface area (Å²) in [4.78, 5) is 8.77. The molecule has 1 aromatic heterocycles. The van der Waals surface area contributed by atoms with E-state index >= 15 is 0 Å². The molecule has 2 rings (SSSR count). The maximum absolute atomic E-state index is 4.58. The SMILES string of the molecule is CCNC(=NCc1ncnn1C)NCC1(CC)CCC1. The van der Waals surface area contributed by atoms with E-state index < -0.39 is 0 Å². The van der Waals surface area contributed by atoms with Gasteiger partial charge in [-0.3, -0.25) is 4.68 Å². The first-order chi connectivity index (χ1) is 9.69.